The molecular formula is C20H18BrClN4O3. The molecule has 1 amide bonds. The lowest BCUT2D eigenvalue weighted by atomic mass is 10.1. The van der Waals surface area contributed by atoms with Crippen LogP contribution >= 0.6 is 27.5 Å². The Labute approximate surface area is 181 Å². The number of nitrogens with zero attached hydrogens (tertiary/aromatic N) is 4. The van der Waals surface area contributed by atoms with E-state index in [0.717, 1.165) is 10.0 Å². The number of amides is 1. The summed E-state index contributed by atoms with van der Waals surface area (Å²) in [7, 11) is 1.67. The van der Waals surface area contributed by atoms with Gasteiger partial charge in [-0.3, -0.25) is 19.6 Å². The Bertz CT molecular complexity index is 1100. The summed E-state index contributed by atoms with van der Waals surface area (Å²) < 4.78 is 2.43. The second kappa shape index (κ2) is 8.34. The zero-order chi connectivity index (χ0) is 21.3. The maximum atomic E-state index is 12.8. The van der Waals surface area contributed by atoms with Crippen molar-refractivity contribution in [3.63, 3.8) is 0 Å². The van der Waals surface area contributed by atoms with Crippen LogP contribution in [-0.2, 0) is 6.54 Å². The molecule has 0 aliphatic heterocycles. The van der Waals surface area contributed by atoms with E-state index in [2.05, 4.69) is 21.0 Å². The van der Waals surface area contributed by atoms with Crippen LogP contribution in [0.3, 0.4) is 0 Å². The number of benzene rings is 2. The minimum atomic E-state index is -0.418. The second-order valence-corrected chi connectivity index (χ2v) is 7.91. The van der Waals surface area contributed by atoms with Crippen molar-refractivity contribution in [1.82, 2.24) is 9.78 Å². The minimum Gasteiger partial charge on any atom is -0.310 e. The van der Waals surface area contributed by atoms with E-state index in [4.69, 9.17) is 11.6 Å². The van der Waals surface area contributed by atoms with Crippen molar-refractivity contribution in [1.29, 1.82) is 0 Å². The van der Waals surface area contributed by atoms with Gasteiger partial charge < -0.3 is 4.90 Å². The third-order valence-electron chi connectivity index (χ3n) is 4.63. The maximum Gasteiger partial charge on any atom is 0.312 e. The molecule has 0 aliphatic rings. The molecule has 150 valence electrons. The summed E-state index contributed by atoms with van der Waals surface area (Å²) in [5.41, 5.74) is 2.91. The number of carbonyl (C=O) groups excluding carboxylic acids is 1. The van der Waals surface area contributed by atoms with Gasteiger partial charge >= 0.3 is 5.69 Å². The molecule has 0 saturated heterocycles. The number of aryl methyl sites for hydroxylation is 1. The molecule has 1 aromatic heterocycles. The Morgan fingerprint density at radius 1 is 1.24 bits per heavy atom. The van der Waals surface area contributed by atoms with Crippen molar-refractivity contribution in [2.75, 3.05) is 11.9 Å². The molecule has 0 N–H and O–H groups in total. The number of aromatic nitrogens is 2. The molecule has 3 aromatic rings. The van der Waals surface area contributed by atoms with E-state index in [9.17, 15) is 14.9 Å². The Morgan fingerprint density at radius 3 is 2.45 bits per heavy atom. The summed E-state index contributed by atoms with van der Waals surface area (Å²) in [6.45, 7) is 3.67. The van der Waals surface area contributed by atoms with Gasteiger partial charge in [-0.1, -0.05) is 39.7 Å². The van der Waals surface area contributed by atoms with Gasteiger partial charge in [-0.2, -0.15) is 5.10 Å². The smallest absolute Gasteiger partial charge is 0.310 e. The summed E-state index contributed by atoms with van der Waals surface area (Å²) >= 11 is 9.59. The zero-order valence-corrected chi connectivity index (χ0v) is 18.4. The number of anilines is 1. The van der Waals surface area contributed by atoms with Gasteiger partial charge in [0.25, 0.3) is 5.91 Å². The Hall–Kier alpha value is -2.71. The molecule has 0 atom stereocenters. The van der Waals surface area contributed by atoms with E-state index < -0.39 is 4.92 Å². The maximum absolute atomic E-state index is 12.8. The monoisotopic (exact) mass is 476 g/mol. The summed E-state index contributed by atoms with van der Waals surface area (Å²) in [6.07, 6.45) is 0. The van der Waals surface area contributed by atoms with Crippen molar-refractivity contribution < 1.29 is 9.72 Å². The third-order valence-corrected chi connectivity index (χ3v) is 5.43. The summed E-state index contributed by atoms with van der Waals surface area (Å²) in [4.78, 5) is 25.0. The van der Waals surface area contributed by atoms with Crippen LogP contribution in [0.25, 0.3) is 0 Å². The van der Waals surface area contributed by atoms with Crippen LogP contribution in [-0.4, -0.2) is 27.7 Å². The molecule has 2 aromatic carbocycles. The van der Waals surface area contributed by atoms with Crippen LogP contribution < -0.4 is 4.90 Å². The lowest BCUT2D eigenvalue weighted by Gasteiger charge is -2.19. The molecule has 7 nitrogen and oxygen atoms in total. The molecule has 29 heavy (non-hydrogen) atoms. The SMILES string of the molecule is Cc1nn(Cc2ccc(C(=O)N(C)c3ccc(Br)cc3Cl)cc2)c(C)c1[N+](=O)[O-]. The molecule has 0 bridgehead atoms. The van der Waals surface area contributed by atoms with E-state index in [0.29, 0.717) is 34.2 Å². The standard InChI is InChI=1S/C20H18BrClN4O3/c1-12-19(26(28)29)13(2)25(23-12)11-14-4-6-15(7-5-14)20(27)24(3)18-9-8-16(21)10-17(18)22/h4-10H,11H2,1-3H3. The lowest BCUT2D eigenvalue weighted by molar-refractivity contribution is -0.386. The summed E-state index contributed by atoms with van der Waals surface area (Å²) in [5, 5.41) is 15.9. The number of rotatable bonds is 5. The third kappa shape index (κ3) is 4.33. The number of carbonyl (C=O) groups is 1. The van der Waals surface area contributed by atoms with Crippen LogP contribution in [0.5, 0.6) is 0 Å². The van der Waals surface area contributed by atoms with E-state index in [1.165, 1.54) is 4.90 Å². The number of nitro groups is 1. The molecule has 0 aliphatic carbocycles. The molecule has 9 heteroatoms. The number of hydrogen-bond acceptors (Lipinski definition) is 4. The molecule has 1 heterocycles. The Morgan fingerprint density at radius 2 is 1.90 bits per heavy atom. The molecule has 0 radical (unpaired) electrons. The van der Waals surface area contributed by atoms with Crippen LogP contribution in [0, 0.1) is 24.0 Å². The lowest BCUT2D eigenvalue weighted by Crippen LogP contribution is -2.26. The number of hydrogen-bond donors (Lipinski definition) is 0. The molecular weight excluding hydrogens is 460 g/mol. The van der Waals surface area contributed by atoms with Gasteiger partial charge in [0.1, 0.15) is 11.4 Å². The van der Waals surface area contributed by atoms with Crippen LogP contribution in [0.15, 0.2) is 46.9 Å². The van der Waals surface area contributed by atoms with Crippen LogP contribution in [0.4, 0.5) is 11.4 Å². The van der Waals surface area contributed by atoms with Gasteiger partial charge in [0.2, 0.25) is 0 Å². The first kappa shape index (κ1) is 21.0. The minimum absolute atomic E-state index is 0.0322. The molecule has 0 fully saturated rings. The zero-order valence-electron chi connectivity index (χ0n) is 16.0. The van der Waals surface area contributed by atoms with Crippen molar-refractivity contribution in [3.05, 3.63) is 84.6 Å². The van der Waals surface area contributed by atoms with Crippen molar-refractivity contribution in [3.8, 4) is 0 Å². The van der Waals surface area contributed by atoms with Crippen LogP contribution in [0.1, 0.15) is 27.3 Å². The van der Waals surface area contributed by atoms with Gasteiger partial charge in [0, 0.05) is 17.1 Å². The van der Waals surface area contributed by atoms with E-state index in [-0.39, 0.29) is 11.6 Å². The molecule has 0 spiro atoms. The first-order valence-corrected chi connectivity index (χ1v) is 9.86. The van der Waals surface area contributed by atoms with Crippen molar-refractivity contribution in [2.24, 2.45) is 0 Å². The molecule has 0 unspecified atom stereocenters. The fourth-order valence-electron chi connectivity index (χ4n) is 3.09. The van der Waals surface area contributed by atoms with E-state index in [1.807, 2.05) is 18.2 Å². The van der Waals surface area contributed by atoms with Crippen molar-refractivity contribution in [2.45, 2.75) is 20.4 Å². The second-order valence-electron chi connectivity index (χ2n) is 6.59. The van der Waals surface area contributed by atoms with E-state index >= 15 is 0 Å². The average Bonchev–Trinajstić information content (AvgIpc) is 2.94. The number of halogens is 2. The van der Waals surface area contributed by atoms with Gasteiger partial charge in [-0.05, 0) is 49.7 Å². The summed E-state index contributed by atoms with van der Waals surface area (Å²) in [5.74, 6) is -0.192. The van der Waals surface area contributed by atoms with Gasteiger partial charge in [-0.15, -0.1) is 0 Å². The Kier molecular flexibility index (Phi) is 6.04. The predicted molar refractivity (Wildman–Crippen MR) is 116 cm³/mol. The highest BCUT2D eigenvalue weighted by molar-refractivity contribution is 9.10. The highest BCUT2D eigenvalue weighted by Gasteiger charge is 2.22. The topological polar surface area (TPSA) is 81.3 Å². The normalized spacial score (nSPS) is 10.8. The average molecular weight is 478 g/mol. The van der Waals surface area contributed by atoms with Gasteiger partial charge in [0.15, 0.2) is 0 Å². The molecule has 3 rings (SSSR count). The van der Waals surface area contributed by atoms with Crippen LogP contribution in [0.2, 0.25) is 5.02 Å². The quantitative estimate of drug-likeness (QED) is 0.376. The fourth-order valence-corrected chi connectivity index (χ4v) is 3.89. The van der Waals surface area contributed by atoms with Gasteiger partial charge in [-0.25, -0.2) is 0 Å². The van der Waals surface area contributed by atoms with Crippen molar-refractivity contribution >= 4 is 44.8 Å². The predicted octanol–water partition coefficient (Wildman–Crippen LogP) is 5.15. The Balaban J connectivity index is 1.79. The highest BCUT2D eigenvalue weighted by Crippen LogP contribution is 2.29. The first-order chi connectivity index (χ1) is 13.7. The largest absolute Gasteiger partial charge is 0.312 e. The van der Waals surface area contributed by atoms with Gasteiger partial charge in [0.05, 0.1) is 22.2 Å². The highest BCUT2D eigenvalue weighted by atomic mass is 79.9. The van der Waals surface area contributed by atoms with E-state index in [1.54, 1.807) is 49.8 Å². The molecule has 0 saturated carbocycles. The fraction of sp³-hybridized carbons (Fsp3) is 0.200. The first-order valence-electron chi connectivity index (χ1n) is 8.69. The summed E-state index contributed by atoms with van der Waals surface area (Å²) in [6, 6.07) is 12.4.